The highest BCUT2D eigenvalue weighted by Crippen LogP contribution is 2.42. The van der Waals surface area contributed by atoms with Crippen molar-refractivity contribution in [3.05, 3.63) is 0 Å². The van der Waals surface area contributed by atoms with Crippen molar-refractivity contribution in [2.75, 3.05) is 25.1 Å². The van der Waals surface area contributed by atoms with Gasteiger partial charge >= 0.3 is 12.0 Å². The van der Waals surface area contributed by atoms with Gasteiger partial charge in [-0.1, -0.05) is 6.42 Å². The number of urea groups is 1. The van der Waals surface area contributed by atoms with Crippen LogP contribution < -0.4 is 5.32 Å². The number of aliphatic carboxylic acids is 1. The van der Waals surface area contributed by atoms with E-state index in [4.69, 9.17) is 0 Å². The number of fused-ring (bicyclic) bond motifs is 1. The van der Waals surface area contributed by atoms with E-state index in [-0.39, 0.29) is 11.9 Å². The minimum Gasteiger partial charge on any atom is -0.480 e. The summed E-state index contributed by atoms with van der Waals surface area (Å²) in [5.74, 6) is 0.798. The number of carboxylic acids is 1. The number of carboxylic acid groups (broad SMARTS) is 1. The minimum atomic E-state index is -0.850. The molecule has 2 aliphatic rings. The zero-order valence-corrected chi connectivity index (χ0v) is 12.8. The van der Waals surface area contributed by atoms with Crippen molar-refractivity contribution in [1.82, 2.24) is 10.2 Å². The Morgan fingerprint density at radius 3 is 2.85 bits per heavy atom. The second-order valence-electron chi connectivity index (χ2n) is 5.72. The first kappa shape index (κ1) is 15.5. The van der Waals surface area contributed by atoms with Crippen LogP contribution in [0.3, 0.4) is 0 Å². The monoisotopic (exact) mass is 300 g/mol. The molecule has 0 spiro atoms. The average molecular weight is 300 g/mol. The summed E-state index contributed by atoms with van der Waals surface area (Å²) < 4.78 is 0. The molecule has 2 fully saturated rings. The van der Waals surface area contributed by atoms with E-state index in [1.807, 2.05) is 0 Å². The van der Waals surface area contributed by atoms with Gasteiger partial charge in [0, 0.05) is 13.1 Å². The van der Waals surface area contributed by atoms with Gasteiger partial charge in [0.05, 0.1) is 0 Å². The number of unbranched alkanes of at least 4 members (excludes halogenated alkanes) is 1. The van der Waals surface area contributed by atoms with Crippen LogP contribution in [0.4, 0.5) is 4.79 Å². The molecule has 2 N–H and O–H groups in total. The van der Waals surface area contributed by atoms with Crippen LogP contribution in [0.5, 0.6) is 0 Å². The quantitative estimate of drug-likeness (QED) is 0.736. The van der Waals surface area contributed by atoms with Gasteiger partial charge in [-0.25, -0.2) is 9.59 Å². The van der Waals surface area contributed by atoms with Gasteiger partial charge in [-0.05, 0) is 49.5 Å². The molecule has 114 valence electrons. The molecule has 1 heterocycles. The number of hydrogen-bond acceptors (Lipinski definition) is 3. The van der Waals surface area contributed by atoms with Crippen LogP contribution in [0.15, 0.2) is 0 Å². The molecule has 3 unspecified atom stereocenters. The minimum absolute atomic E-state index is 0.162. The van der Waals surface area contributed by atoms with Gasteiger partial charge in [-0.15, -0.1) is 0 Å². The van der Waals surface area contributed by atoms with Crippen LogP contribution in [0, 0.1) is 11.8 Å². The Balaban J connectivity index is 1.84. The van der Waals surface area contributed by atoms with Crippen LogP contribution in [-0.4, -0.2) is 53.1 Å². The van der Waals surface area contributed by atoms with E-state index in [9.17, 15) is 14.7 Å². The molecule has 1 aliphatic carbocycles. The molecule has 0 bridgehead atoms. The zero-order valence-electron chi connectivity index (χ0n) is 12.0. The highest BCUT2D eigenvalue weighted by atomic mass is 32.2. The Morgan fingerprint density at radius 1 is 1.35 bits per heavy atom. The topological polar surface area (TPSA) is 69.6 Å². The second kappa shape index (κ2) is 7.20. The lowest BCUT2D eigenvalue weighted by Gasteiger charge is -2.24. The summed E-state index contributed by atoms with van der Waals surface area (Å²) in [6.07, 6.45) is 7.20. The van der Waals surface area contributed by atoms with E-state index in [1.54, 1.807) is 16.7 Å². The van der Waals surface area contributed by atoms with E-state index in [1.165, 1.54) is 0 Å². The largest absolute Gasteiger partial charge is 0.480 e. The molecule has 1 saturated heterocycles. The van der Waals surface area contributed by atoms with E-state index >= 15 is 0 Å². The summed E-state index contributed by atoms with van der Waals surface area (Å²) >= 11 is 1.80. The van der Waals surface area contributed by atoms with Gasteiger partial charge in [0.2, 0.25) is 0 Å². The Labute approximate surface area is 124 Å². The molecular weight excluding hydrogens is 276 g/mol. The number of carbonyl (C=O) groups is 2. The molecule has 3 atom stereocenters. The van der Waals surface area contributed by atoms with Gasteiger partial charge in [-0.3, -0.25) is 0 Å². The van der Waals surface area contributed by atoms with E-state index in [0.717, 1.165) is 37.9 Å². The molecule has 2 rings (SSSR count). The number of hydrogen-bond donors (Lipinski definition) is 2. The summed E-state index contributed by atoms with van der Waals surface area (Å²) in [4.78, 5) is 25.2. The second-order valence-corrected chi connectivity index (χ2v) is 6.71. The Hall–Kier alpha value is -0.910. The van der Waals surface area contributed by atoms with Crippen LogP contribution in [-0.2, 0) is 4.79 Å². The zero-order chi connectivity index (χ0) is 14.5. The Kier molecular flexibility index (Phi) is 5.57. The lowest BCUT2D eigenvalue weighted by atomic mass is 9.94. The molecule has 1 saturated carbocycles. The fourth-order valence-electron chi connectivity index (χ4n) is 3.50. The molecule has 0 aromatic carbocycles. The highest BCUT2D eigenvalue weighted by Gasteiger charge is 2.49. The van der Waals surface area contributed by atoms with E-state index in [2.05, 4.69) is 11.6 Å². The standard InChI is InChI=1S/C14H24N2O3S/c1-20-8-3-2-7-15-14(19)16-9-10-5-4-6-11(10)12(16)13(17)18/h10-12H,2-9H2,1H3,(H,15,19)(H,17,18). The first-order chi connectivity index (χ1) is 9.65. The number of rotatable bonds is 6. The normalized spacial score (nSPS) is 28.4. The van der Waals surface area contributed by atoms with Crippen LogP contribution in [0.25, 0.3) is 0 Å². The van der Waals surface area contributed by atoms with Gasteiger partial charge in [-0.2, -0.15) is 11.8 Å². The SMILES string of the molecule is CSCCCCNC(=O)N1CC2CCCC2C1C(=O)O. The van der Waals surface area contributed by atoms with Gasteiger partial charge < -0.3 is 15.3 Å². The average Bonchev–Trinajstić information content (AvgIpc) is 2.97. The van der Waals surface area contributed by atoms with Crippen molar-refractivity contribution in [2.45, 2.75) is 38.1 Å². The third kappa shape index (κ3) is 3.40. The molecule has 0 aromatic rings. The number of nitrogens with zero attached hydrogens (tertiary/aromatic N) is 1. The lowest BCUT2D eigenvalue weighted by Crippen LogP contribution is -2.48. The predicted octanol–water partition coefficient (Wildman–Crippen LogP) is 2.02. The molecule has 5 nitrogen and oxygen atoms in total. The van der Waals surface area contributed by atoms with Crippen LogP contribution in [0.2, 0.25) is 0 Å². The van der Waals surface area contributed by atoms with Crippen molar-refractivity contribution < 1.29 is 14.7 Å². The smallest absolute Gasteiger partial charge is 0.326 e. The van der Waals surface area contributed by atoms with Crippen molar-refractivity contribution in [3.8, 4) is 0 Å². The van der Waals surface area contributed by atoms with E-state index in [0.29, 0.717) is 19.0 Å². The molecule has 6 heteroatoms. The molecular formula is C14H24N2O3S. The highest BCUT2D eigenvalue weighted by molar-refractivity contribution is 7.98. The molecule has 20 heavy (non-hydrogen) atoms. The van der Waals surface area contributed by atoms with Gasteiger partial charge in [0.1, 0.15) is 6.04 Å². The van der Waals surface area contributed by atoms with Crippen molar-refractivity contribution in [1.29, 1.82) is 0 Å². The first-order valence-electron chi connectivity index (χ1n) is 7.41. The maximum atomic E-state index is 12.2. The molecule has 0 aromatic heterocycles. The van der Waals surface area contributed by atoms with Crippen LogP contribution in [0.1, 0.15) is 32.1 Å². The predicted molar refractivity (Wildman–Crippen MR) is 80.0 cm³/mol. The fourth-order valence-corrected chi connectivity index (χ4v) is 3.99. The third-order valence-corrected chi connectivity index (χ3v) is 5.15. The summed E-state index contributed by atoms with van der Waals surface area (Å²) in [7, 11) is 0. The first-order valence-corrected chi connectivity index (χ1v) is 8.80. The van der Waals surface area contributed by atoms with Crippen molar-refractivity contribution in [2.24, 2.45) is 11.8 Å². The van der Waals surface area contributed by atoms with Crippen molar-refractivity contribution >= 4 is 23.8 Å². The molecule has 0 radical (unpaired) electrons. The van der Waals surface area contributed by atoms with E-state index < -0.39 is 12.0 Å². The Bertz CT molecular complexity index is 364. The lowest BCUT2D eigenvalue weighted by molar-refractivity contribution is -0.142. The maximum absolute atomic E-state index is 12.2. The number of nitrogens with one attached hydrogen (secondary N) is 1. The van der Waals surface area contributed by atoms with Gasteiger partial charge in [0.15, 0.2) is 0 Å². The molecule has 1 aliphatic heterocycles. The summed E-state index contributed by atoms with van der Waals surface area (Å²) in [5.41, 5.74) is 0. The number of likely N-dealkylation sites (tertiary alicyclic amines) is 1. The fraction of sp³-hybridized carbons (Fsp3) is 0.857. The molecule has 2 amide bonds. The third-order valence-electron chi connectivity index (χ3n) is 4.46. The number of carbonyl (C=O) groups excluding carboxylic acids is 1. The van der Waals surface area contributed by atoms with Gasteiger partial charge in [0.25, 0.3) is 0 Å². The number of amides is 2. The number of thioether (sulfide) groups is 1. The van der Waals surface area contributed by atoms with Crippen molar-refractivity contribution in [3.63, 3.8) is 0 Å². The summed E-state index contributed by atoms with van der Waals surface area (Å²) in [6.45, 7) is 1.25. The summed E-state index contributed by atoms with van der Waals surface area (Å²) in [5, 5.41) is 12.3. The summed E-state index contributed by atoms with van der Waals surface area (Å²) in [6, 6.07) is -0.815. The van der Waals surface area contributed by atoms with Crippen LogP contribution >= 0.6 is 11.8 Å². The Morgan fingerprint density at radius 2 is 2.15 bits per heavy atom. The maximum Gasteiger partial charge on any atom is 0.326 e.